The van der Waals surface area contributed by atoms with Crippen molar-refractivity contribution in [3.05, 3.63) is 77.1 Å². The van der Waals surface area contributed by atoms with Crippen LogP contribution in [0.3, 0.4) is 0 Å². The molecule has 1 saturated heterocycles. The summed E-state index contributed by atoms with van der Waals surface area (Å²) in [4.78, 5) is 38.1. The quantitative estimate of drug-likeness (QED) is 0.0564. The Kier molecular flexibility index (Phi) is 21.6. The maximum absolute atomic E-state index is 13.3. The molecule has 1 heterocycles. The number of carbonyl (C=O) groups is 2. The number of likely N-dealkylation sites (tertiary alicyclic amines) is 1. The third-order valence-electron chi connectivity index (χ3n) is 7.18. The van der Waals surface area contributed by atoms with Gasteiger partial charge in [0.05, 0.1) is 72.0 Å². The van der Waals surface area contributed by atoms with Crippen molar-refractivity contribution in [1.29, 1.82) is 5.26 Å². The van der Waals surface area contributed by atoms with Crippen LogP contribution in [0.15, 0.2) is 60.2 Å². The monoisotopic (exact) mass is 812 g/mol. The predicted octanol–water partition coefficient (Wildman–Crippen LogP) is 1.83. The number of hydrogen-bond donors (Lipinski definition) is 2. The Balaban J connectivity index is 0.00000800. The Hall–Kier alpha value is -2.90. The summed E-state index contributed by atoms with van der Waals surface area (Å²) in [7, 11) is 0. The molecule has 2 atom stereocenters. The number of halogens is 1. The van der Waals surface area contributed by atoms with E-state index in [0.29, 0.717) is 84.7 Å². The first kappa shape index (κ1) is 41.3. The molecule has 3 amide bonds. The van der Waals surface area contributed by atoms with Crippen LogP contribution in [0.1, 0.15) is 17.0 Å². The molecular weight excluding hydrogens is 770 g/mol. The number of nitriles is 1. The molecule has 0 bridgehead atoms. The van der Waals surface area contributed by atoms with Crippen molar-refractivity contribution >= 4 is 24.3 Å². The summed E-state index contributed by atoms with van der Waals surface area (Å²) in [6, 6.07) is 17.0. The summed E-state index contributed by atoms with van der Waals surface area (Å²) in [6.45, 7) is 5.18. The minimum Gasteiger partial charge on any atom is -0.528 e. The van der Waals surface area contributed by atoms with Gasteiger partial charge in [-0.15, -0.1) is 0 Å². The normalized spacial score (nSPS) is 15.8. The molecule has 0 saturated carbocycles. The maximum atomic E-state index is 13.3. The fourth-order valence-corrected chi connectivity index (χ4v) is 4.84. The second-order valence-electron chi connectivity index (χ2n) is 10.4. The van der Waals surface area contributed by atoms with Gasteiger partial charge in [0.2, 0.25) is 5.91 Å². The first-order valence-corrected chi connectivity index (χ1v) is 15.5. The van der Waals surface area contributed by atoms with Crippen LogP contribution >= 0.6 is 0 Å². The van der Waals surface area contributed by atoms with Crippen molar-refractivity contribution < 1.29 is 81.1 Å². The van der Waals surface area contributed by atoms with Crippen molar-refractivity contribution in [3.63, 3.8) is 0 Å². The van der Waals surface area contributed by atoms with E-state index in [9.17, 15) is 24.0 Å². The minimum absolute atomic E-state index is 0. The molecule has 14 heteroatoms. The minimum atomic E-state index is -0.509. The number of nitrogens with zero attached hydrogens (tertiary/aromatic N) is 2. The number of amides is 3. The molecule has 2 aromatic carbocycles. The molecule has 1 aliphatic rings. The van der Waals surface area contributed by atoms with E-state index in [-0.39, 0.29) is 69.1 Å². The first-order chi connectivity index (χ1) is 23.0. The molecule has 1 aliphatic heterocycles. The Morgan fingerprint density at radius 2 is 1.38 bits per heavy atom. The van der Waals surface area contributed by atoms with E-state index in [4.69, 9.17) is 23.7 Å². The van der Waals surface area contributed by atoms with Crippen molar-refractivity contribution in [2.45, 2.75) is 5.92 Å². The van der Waals surface area contributed by atoms with Crippen molar-refractivity contribution in [2.24, 2.45) is 5.92 Å². The third-order valence-corrected chi connectivity index (χ3v) is 7.18. The number of nitrogens with one attached hydrogen (secondary N) is 2. The second kappa shape index (κ2) is 25.1. The van der Waals surface area contributed by atoms with Gasteiger partial charge < -0.3 is 44.0 Å². The Bertz CT molecular complexity index is 1300. The van der Waals surface area contributed by atoms with Gasteiger partial charge in [-0.2, -0.15) is 11.7 Å². The average Bonchev–Trinajstić information content (AvgIpc) is 3.55. The molecule has 3 rings (SSSR count). The van der Waals surface area contributed by atoms with Gasteiger partial charge >= 0.3 is 0 Å². The topological polar surface area (TPSA) is 148 Å². The molecule has 12 nitrogen and oxygen atoms in total. The van der Waals surface area contributed by atoms with Gasteiger partial charge in [0.25, 0.3) is 5.91 Å². The van der Waals surface area contributed by atoms with E-state index < -0.39 is 17.6 Å². The Morgan fingerprint density at radius 3 is 1.92 bits per heavy atom. The van der Waals surface area contributed by atoms with Crippen LogP contribution in [-0.2, 0) is 38.1 Å². The zero-order chi connectivity index (χ0) is 33.5. The van der Waals surface area contributed by atoms with Crippen LogP contribution < -0.4 is 10.6 Å². The van der Waals surface area contributed by atoms with Crippen molar-refractivity contribution in [2.75, 3.05) is 92.2 Å². The molecule has 0 spiro atoms. The van der Waals surface area contributed by atoms with E-state index in [0.717, 1.165) is 5.56 Å². The second-order valence-corrected chi connectivity index (χ2v) is 10.4. The number of hydrogen-bond acceptors (Lipinski definition) is 9. The summed E-state index contributed by atoms with van der Waals surface area (Å²) >= 11 is 0. The smallest absolute Gasteiger partial charge is 0.264 e. The molecule has 0 aromatic heterocycles. The summed E-state index contributed by atoms with van der Waals surface area (Å²) in [5.74, 6) is -1.84. The van der Waals surface area contributed by atoms with Crippen LogP contribution in [0.4, 0.5) is 4.39 Å². The summed E-state index contributed by atoms with van der Waals surface area (Å²) in [5, 5.41) is 15.0. The van der Waals surface area contributed by atoms with Crippen LogP contribution in [0.25, 0.3) is 6.08 Å². The van der Waals surface area contributed by atoms with E-state index in [1.807, 2.05) is 36.4 Å². The van der Waals surface area contributed by atoms with E-state index in [1.54, 1.807) is 6.41 Å². The molecule has 263 valence electrons. The molecule has 1 radical (unpaired) electrons. The number of rotatable bonds is 23. The first-order valence-electron chi connectivity index (χ1n) is 15.5. The zero-order valence-corrected chi connectivity index (χ0v) is 28.8. The fourth-order valence-electron chi connectivity index (χ4n) is 4.84. The molecule has 2 aromatic rings. The van der Waals surface area contributed by atoms with Crippen LogP contribution in [0, 0.1) is 61.7 Å². The maximum Gasteiger partial charge on any atom is 0.264 e. The molecule has 1 fully saturated rings. The third kappa shape index (κ3) is 15.5. The van der Waals surface area contributed by atoms with Gasteiger partial charge in [-0.1, -0.05) is 42.5 Å². The summed E-state index contributed by atoms with van der Waals surface area (Å²) in [5.41, 5.74) is 1.38. The van der Waals surface area contributed by atoms with Gasteiger partial charge in [-0.05, 0) is 29.3 Å². The average molecular weight is 813 g/mol. The van der Waals surface area contributed by atoms with Crippen LogP contribution in [0.2, 0.25) is 0 Å². The number of benzene rings is 2. The van der Waals surface area contributed by atoms with E-state index >= 15 is 0 Å². The van der Waals surface area contributed by atoms with Gasteiger partial charge in [0, 0.05) is 70.7 Å². The van der Waals surface area contributed by atoms with Crippen molar-refractivity contribution in [1.82, 2.24) is 15.5 Å². The molecule has 2 N–H and O–H groups in total. The Labute approximate surface area is 311 Å². The molecule has 48 heavy (non-hydrogen) atoms. The molecular formula is C34H42FN4O8Tb-. The van der Waals surface area contributed by atoms with Gasteiger partial charge in [-0.25, -0.2) is 4.39 Å². The van der Waals surface area contributed by atoms with Gasteiger partial charge in [-0.3, -0.25) is 9.59 Å². The summed E-state index contributed by atoms with van der Waals surface area (Å²) < 4.78 is 40.4. The molecule has 0 unspecified atom stereocenters. The van der Waals surface area contributed by atoms with Crippen LogP contribution in [-0.4, -0.2) is 115 Å². The number of carbonyl (C=O) groups excluding carboxylic acids is 3. The SMILES string of the molecule is N#C/C(=C\c1ccc(F)cc1)C(=O)N1C[C@@H](C(=O)NCCOCCOCCOCCOCCOCCN[C-]=O)[C@H](c2ccccc2)C1.[Tb]. The Morgan fingerprint density at radius 1 is 0.833 bits per heavy atom. The fraction of sp³-hybridized carbons (Fsp3) is 0.471. The standard InChI is InChI=1S/C34H42FN4O8.Tb/c35-30-8-6-27(7-9-30)22-29(23-36)34(42)39-24-31(28-4-2-1-3-5-28)32(25-39)33(41)38-11-13-44-15-17-46-19-21-47-20-18-45-16-14-43-12-10-37-26-40;/h1-9,22,31-32H,10-21,24-25H2,(H,37,40)(H,38,41);/q-1;/b29-22+;/t31-,32+;/m0./s1. The largest absolute Gasteiger partial charge is 0.528 e. The van der Waals surface area contributed by atoms with E-state index in [2.05, 4.69) is 10.6 Å². The predicted molar refractivity (Wildman–Crippen MR) is 170 cm³/mol. The zero-order valence-electron chi connectivity index (χ0n) is 26.7. The number of ether oxygens (including phenoxy) is 5. The molecule has 0 aliphatic carbocycles. The van der Waals surface area contributed by atoms with Gasteiger partial charge in [0.1, 0.15) is 17.5 Å². The van der Waals surface area contributed by atoms with Gasteiger partial charge in [0.15, 0.2) is 0 Å². The van der Waals surface area contributed by atoms with E-state index in [1.165, 1.54) is 35.2 Å². The van der Waals surface area contributed by atoms with Crippen LogP contribution in [0.5, 0.6) is 0 Å². The van der Waals surface area contributed by atoms with Crippen molar-refractivity contribution in [3.8, 4) is 6.07 Å². The summed E-state index contributed by atoms with van der Waals surface area (Å²) in [6.07, 6.45) is 3.00.